The second-order valence-electron chi connectivity index (χ2n) is 5.91. The molecular weight excluding hydrogens is 290 g/mol. The standard InChI is InChI=1S/C19H23NOS/c1-2-3-4-7-14-19(15-10-12-16(21)13-11-15)20-17-8-5-6-9-18(17)22-19/h5-6,8-13,20-21H,2-4,7,14H2,1H3. The van der Waals surface area contributed by atoms with Gasteiger partial charge < -0.3 is 10.4 Å². The normalized spacial score (nSPS) is 19.7. The van der Waals surface area contributed by atoms with E-state index in [4.69, 9.17) is 0 Å². The lowest BCUT2D eigenvalue weighted by Crippen LogP contribution is -2.28. The minimum absolute atomic E-state index is 0.106. The van der Waals surface area contributed by atoms with Crippen molar-refractivity contribution in [1.82, 2.24) is 0 Å². The van der Waals surface area contributed by atoms with Gasteiger partial charge >= 0.3 is 0 Å². The van der Waals surface area contributed by atoms with Crippen molar-refractivity contribution in [2.45, 2.75) is 48.8 Å². The van der Waals surface area contributed by atoms with Gasteiger partial charge in [-0.2, -0.15) is 0 Å². The molecule has 2 N–H and O–H groups in total. The molecule has 1 heterocycles. The molecule has 1 aliphatic heterocycles. The molecule has 0 saturated heterocycles. The molecule has 0 bridgehead atoms. The molecule has 0 amide bonds. The topological polar surface area (TPSA) is 32.3 Å². The van der Waals surface area contributed by atoms with Gasteiger partial charge in [0.05, 0.1) is 0 Å². The van der Waals surface area contributed by atoms with Crippen LogP contribution in [0.4, 0.5) is 5.69 Å². The molecular formula is C19H23NOS. The summed E-state index contributed by atoms with van der Waals surface area (Å²) in [6.45, 7) is 2.24. The molecule has 0 aliphatic carbocycles. The zero-order valence-electron chi connectivity index (χ0n) is 13.0. The van der Waals surface area contributed by atoms with E-state index >= 15 is 0 Å². The smallest absolute Gasteiger partial charge is 0.115 e. The minimum atomic E-state index is -0.106. The van der Waals surface area contributed by atoms with Gasteiger partial charge in [0, 0.05) is 10.6 Å². The van der Waals surface area contributed by atoms with Crippen molar-refractivity contribution in [3.63, 3.8) is 0 Å². The zero-order chi connectivity index (χ0) is 15.4. The number of thioether (sulfide) groups is 1. The first-order chi connectivity index (χ1) is 10.7. The number of hydrogen-bond donors (Lipinski definition) is 2. The summed E-state index contributed by atoms with van der Waals surface area (Å²) < 4.78 is 0. The minimum Gasteiger partial charge on any atom is -0.508 e. The fourth-order valence-corrected chi connectivity index (χ4v) is 4.42. The molecule has 0 aromatic heterocycles. The summed E-state index contributed by atoms with van der Waals surface area (Å²) in [6, 6.07) is 16.2. The highest BCUT2D eigenvalue weighted by molar-refractivity contribution is 8.00. The Morgan fingerprint density at radius 3 is 2.50 bits per heavy atom. The van der Waals surface area contributed by atoms with Crippen molar-refractivity contribution < 1.29 is 5.11 Å². The van der Waals surface area contributed by atoms with Crippen molar-refractivity contribution >= 4 is 17.4 Å². The first-order valence-corrected chi connectivity index (χ1v) is 8.91. The third kappa shape index (κ3) is 3.09. The van der Waals surface area contributed by atoms with Gasteiger partial charge in [0.1, 0.15) is 10.6 Å². The molecule has 3 rings (SSSR count). The van der Waals surface area contributed by atoms with E-state index < -0.39 is 0 Å². The number of fused-ring (bicyclic) bond motifs is 1. The molecule has 1 aliphatic rings. The van der Waals surface area contributed by atoms with Crippen LogP contribution in [0.1, 0.15) is 44.6 Å². The van der Waals surface area contributed by atoms with Crippen LogP contribution in [-0.2, 0) is 4.87 Å². The number of benzene rings is 2. The van der Waals surface area contributed by atoms with Crippen molar-refractivity contribution in [3.8, 4) is 5.75 Å². The third-order valence-corrected chi connectivity index (χ3v) is 5.69. The van der Waals surface area contributed by atoms with Crippen molar-refractivity contribution in [3.05, 3.63) is 54.1 Å². The highest BCUT2D eigenvalue weighted by atomic mass is 32.2. The molecule has 0 saturated carbocycles. The van der Waals surface area contributed by atoms with Crippen molar-refractivity contribution in [1.29, 1.82) is 0 Å². The first kappa shape index (κ1) is 15.3. The number of aromatic hydroxyl groups is 1. The van der Waals surface area contributed by atoms with Crippen LogP contribution in [0.25, 0.3) is 0 Å². The Balaban J connectivity index is 1.85. The molecule has 116 valence electrons. The molecule has 1 atom stereocenters. The predicted molar refractivity (Wildman–Crippen MR) is 94.5 cm³/mol. The monoisotopic (exact) mass is 313 g/mol. The number of phenolic OH excluding ortho intramolecular Hbond substituents is 1. The summed E-state index contributed by atoms with van der Waals surface area (Å²) in [5.41, 5.74) is 2.46. The summed E-state index contributed by atoms with van der Waals surface area (Å²) in [6.07, 6.45) is 6.13. The molecule has 2 nitrogen and oxygen atoms in total. The van der Waals surface area contributed by atoms with E-state index in [0.29, 0.717) is 5.75 Å². The van der Waals surface area contributed by atoms with Crippen LogP contribution >= 0.6 is 11.8 Å². The Morgan fingerprint density at radius 2 is 1.77 bits per heavy atom. The van der Waals surface area contributed by atoms with E-state index in [1.807, 2.05) is 23.9 Å². The predicted octanol–water partition coefficient (Wildman–Crippen LogP) is 5.73. The maximum atomic E-state index is 9.58. The van der Waals surface area contributed by atoms with Gasteiger partial charge in [-0.05, 0) is 42.7 Å². The number of para-hydroxylation sites is 1. The van der Waals surface area contributed by atoms with E-state index in [0.717, 1.165) is 6.42 Å². The van der Waals surface area contributed by atoms with Gasteiger partial charge in [-0.25, -0.2) is 0 Å². The average molecular weight is 313 g/mol. The maximum Gasteiger partial charge on any atom is 0.115 e. The van der Waals surface area contributed by atoms with E-state index in [1.165, 1.54) is 41.8 Å². The van der Waals surface area contributed by atoms with E-state index in [9.17, 15) is 5.11 Å². The number of nitrogens with one attached hydrogen (secondary N) is 1. The summed E-state index contributed by atoms with van der Waals surface area (Å²) in [5, 5.41) is 13.3. The third-order valence-electron chi connectivity index (χ3n) is 4.22. The van der Waals surface area contributed by atoms with Crippen LogP contribution in [0.2, 0.25) is 0 Å². The van der Waals surface area contributed by atoms with Crippen LogP contribution in [-0.4, -0.2) is 5.11 Å². The van der Waals surface area contributed by atoms with Crippen molar-refractivity contribution in [2.24, 2.45) is 0 Å². The van der Waals surface area contributed by atoms with E-state index in [1.54, 1.807) is 12.1 Å². The molecule has 1 unspecified atom stereocenters. The number of anilines is 1. The molecule has 0 spiro atoms. The average Bonchev–Trinajstić information content (AvgIpc) is 2.92. The molecule has 0 fully saturated rings. The van der Waals surface area contributed by atoms with Gasteiger partial charge in [0.25, 0.3) is 0 Å². The fraction of sp³-hybridized carbons (Fsp3) is 0.368. The number of rotatable bonds is 6. The summed E-state index contributed by atoms with van der Waals surface area (Å²) in [4.78, 5) is 1.21. The van der Waals surface area contributed by atoms with Crippen molar-refractivity contribution in [2.75, 3.05) is 5.32 Å². The lowest BCUT2D eigenvalue weighted by Gasteiger charge is -2.30. The number of unbranched alkanes of at least 4 members (excludes halogenated alkanes) is 3. The molecule has 2 aromatic carbocycles. The fourth-order valence-electron chi connectivity index (χ4n) is 3.01. The summed E-state index contributed by atoms with van der Waals surface area (Å²) in [7, 11) is 0. The second kappa shape index (κ2) is 6.66. The SMILES string of the molecule is CCCCCCC1(c2ccc(O)cc2)Nc2ccccc2S1. The lowest BCUT2D eigenvalue weighted by molar-refractivity contribution is 0.474. The molecule has 0 radical (unpaired) electrons. The second-order valence-corrected chi connectivity index (χ2v) is 7.25. The quantitative estimate of drug-likeness (QED) is 0.668. The molecule has 22 heavy (non-hydrogen) atoms. The highest BCUT2D eigenvalue weighted by Crippen LogP contribution is 2.53. The van der Waals surface area contributed by atoms with Crippen LogP contribution in [0, 0.1) is 0 Å². The number of hydrogen-bond acceptors (Lipinski definition) is 3. The zero-order valence-corrected chi connectivity index (χ0v) is 13.8. The van der Waals surface area contributed by atoms with Crippen LogP contribution in [0.3, 0.4) is 0 Å². The highest BCUT2D eigenvalue weighted by Gasteiger charge is 2.38. The largest absolute Gasteiger partial charge is 0.508 e. The van der Waals surface area contributed by atoms with E-state index in [2.05, 4.69) is 36.5 Å². The Morgan fingerprint density at radius 1 is 1.00 bits per heavy atom. The van der Waals surface area contributed by atoms with Crippen LogP contribution < -0.4 is 5.32 Å². The Hall–Kier alpha value is -1.61. The van der Waals surface area contributed by atoms with Gasteiger partial charge in [0.2, 0.25) is 0 Å². The molecule has 2 aromatic rings. The Kier molecular flexibility index (Phi) is 4.63. The number of phenols is 1. The molecule has 3 heteroatoms. The first-order valence-electron chi connectivity index (χ1n) is 8.09. The van der Waals surface area contributed by atoms with Gasteiger partial charge in [-0.3, -0.25) is 0 Å². The van der Waals surface area contributed by atoms with Gasteiger partial charge in [-0.1, -0.05) is 62.2 Å². The maximum absolute atomic E-state index is 9.58. The van der Waals surface area contributed by atoms with Gasteiger partial charge in [-0.15, -0.1) is 0 Å². The summed E-state index contributed by atoms with van der Waals surface area (Å²) >= 11 is 1.91. The summed E-state index contributed by atoms with van der Waals surface area (Å²) in [5.74, 6) is 0.324. The van der Waals surface area contributed by atoms with Gasteiger partial charge in [0.15, 0.2) is 0 Å². The Labute approximate surface area is 137 Å². The van der Waals surface area contributed by atoms with Crippen LogP contribution in [0.15, 0.2) is 53.4 Å². The lowest BCUT2D eigenvalue weighted by atomic mass is 9.98. The van der Waals surface area contributed by atoms with E-state index in [-0.39, 0.29) is 4.87 Å². The Bertz CT molecular complexity index is 599. The van der Waals surface area contributed by atoms with Crippen LogP contribution in [0.5, 0.6) is 5.75 Å².